The number of aliphatic carboxylic acids is 1. The van der Waals surface area contributed by atoms with E-state index in [2.05, 4.69) is 46.8 Å². The topological polar surface area (TPSA) is 57.5 Å². The number of unbranched alkanes of at least 4 members (excludes halogenated alkanes) is 1. The molecule has 0 amide bonds. The molecule has 2 aromatic rings. The van der Waals surface area contributed by atoms with Crippen LogP contribution >= 0.6 is 0 Å². The van der Waals surface area contributed by atoms with Crippen LogP contribution in [0.5, 0.6) is 5.75 Å². The molecule has 0 spiro atoms. The highest BCUT2D eigenvalue weighted by molar-refractivity contribution is 5.86. The molecule has 3 heteroatoms. The van der Waals surface area contributed by atoms with Crippen molar-refractivity contribution in [1.82, 2.24) is 0 Å². The summed E-state index contributed by atoms with van der Waals surface area (Å²) in [6, 6.07) is 8.34. The summed E-state index contributed by atoms with van der Waals surface area (Å²) in [5.74, 6) is -0.612. The molecule has 2 aromatic carbocycles. The van der Waals surface area contributed by atoms with Crippen molar-refractivity contribution in [2.75, 3.05) is 0 Å². The van der Waals surface area contributed by atoms with Gasteiger partial charge in [-0.15, -0.1) is 0 Å². The fraction of sp³-hybridized carbons (Fsp3) is 0.423. The number of phenolic OH excluding ortho intramolecular Hbond substituents is 1. The van der Waals surface area contributed by atoms with Crippen LogP contribution in [0.3, 0.4) is 0 Å². The van der Waals surface area contributed by atoms with E-state index in [9.17, 15) is 9.90 Å². The van der Waals surface area contributed by atoms with E-state index >= 15 is 0 Å². The molecule has 2 N–H and O–H groups in total. The van der Waals surface area contributed by atoms with Gasteiger partial charge in [-0.25, -0.2) is 4.79 Å². The van der Waals surface area contributed by atoms with Gasteiger partial charge in [-0.05, 0) is 66.0 Å². The van der Waals surface area contributed by atoms with Gasteiger partial charge < -0.3 is 10.2 Å². The van der Waals surface area contributed by atoms with Crippen molar-refractivity contribution < 1.29 is 15.0 Å². The van der Waals surface area contributed by atoms with Crippen molar-refractivity contribution >= 4 is 12.0 Å². The standard InChI is InChI=1S/C26H34O3/c1-7-8-9-19-12-17(2)13-20(22(19)10-11-24(27)28)16-21-14-18(3)15-23(25(21)29)26(4,5)6/h10-15,29H,7-9,16H2,1-6H3,(H,27,28). The van der Waals surface area contributed by atoms with Crippen LogP contribution in [0.4, 0.5) is 0 Å². The number of hydrogen-bond acceptors (Lipinski definition) is 2. The zero-order valence-electron chi connectivity index (χ0n) is 18.6. The van der Waals surface area contributed by atoms with E-state index in [1.807, 2.05) is 19.1 Å². The van der Waals surface area contributed by atoms with Gasteiger partial charge in [0.2, 0.25) is 0 Å². The van der Waals surface area contributed by atoms with E-state index in [0.29, 0.717) is 12.2 Å². The van der Waals surface area contributed by atoms with Gasteiger partial charge in [-0.1, -0.05) is 69.5 Å². The summed E-state index contributed by atoms with van der Waals surface area (Å²) in [4.78, 5) is 11.2. The van der Waals surface area contributed by atoms with Crippen LogP contribution in [0.15, 0.2) is 30.3 Å². The lowest BCUT2D eigenvalue weighted by Gasteiger charge is -2.23. The molecule has 156 valence electrons. The number of rotatable bonds is 7. The maximum Gasteiger partial charge on any atom is 0.328 e. The average Bonchev–Trinajstić information content (AvgIpc) is 2.60. The summed E-state index contributed by atoms with van der Waals surface area (Å²) < 4.78 is 0. The first kappa shape index (κ1) is 22.7. The predicted octanol–water partition coefficient (Wildman–Crippen LogP) is 6.34. The number of aromatic hydroxyl groups is 1. The Kier molecular flexibility index (Phi) is 7.29. The van der Waals surface area contributed by atoms with Crippen LogP contribution < -0.4 is 0 Å². The Hall–Kier alpha value is -2.55. The number of carbonyl (C=O) groups is 1. The first-order valence-electron chi connectivity index (χ1n) is 10.4. The monoisotopic (exact) mass is 394 g/mol. The molecule has 0 saturated carbocycles. The highest BCUT2D eigenvalue weighted by Crippen LogP contribution is 2.36. The van der Waals surface area contributed by atoms with E-state index in [4.69, 9.17) is 5.11 Å². The van der Waals surface area contributed by atoms with Crippen molar-refractivity contribution in [2.45, 2.75) is 72.6 Å². The SMILES string of the molecule is CCCCc1cc(C)cc(Cc2cc(C)cc(C(C)(C)C)c2O)c1C=CC(=O)O. The van der Waals surface area contributed by atoms with Gasteiger partial charge in [0.15, 0.2) is 0 Å². The first-order valence-corrected chi connectivity index (χ1v) is 10.4. The molecule has 3 nitrogen and oxygen atoms in total. The molecule has 0 aliphatic carbocycles. The number of benzene rings is 2. The highest BCUT2D eigenvalue weighted by Gasteiger charge is 2.21. The third-order valence-electron chi connectivity index (χ3n) is 5.21. The quantitative estimate of drug-likeness (QED) is 0.539. The van der Waals surface area contributed by atoms with Gasteiger partial charge in [0.1, 0.15) is 5.75 Å². The predicted molar refractivity (Wildman–Crippen MR) is 121 cm³/mol. The Morgan fingerprint density at radius 3 is 2.17 bits per heavy atom. The second kappa shape index (κ2) is 9.30. The van der Waals surface area contributed by atoms with Gasteiger partial charge in [-0.2, -0.15) is 0 Å². The van der Waals surface area contributed by atoms with Gasteiger partial charge in [0.05, 0.1) is 0 Å². The Morgan fingerprint density at radius 2 is 1.59 bits per heavy atom. The lowest BCUT2D eigenvalue weighted by Crippen LogP contribution is -2.13. The second-order valence-corrected chi connectivity index (χ2v) is 9.02. The minimum atomic E-state index is -0.952. The van der Waals surface area contributed by atoms with Crippen molar-refractivity contribution in [3.05, 3.63) is 69.3 Å². The Bertz CT molecular complexity index is 915. The van der Waals surface area contributed by atoms with E-state index in [-0.39, 0.29) is 5.41 Å². The van der Waals surface area contributed by atoms with Gasteiger partial charge in [0, 0.05) is 12.5 Å². The van der Waals surface area contributed by atoms with Crippen LogP contribution in [0, 0.1) is 13.8 Å². The molecule has 0 aliphatic heterocycles. The Morgan fingerprint density at radius 1 is 1.00 bits per heavy atom. The van der Waals surface area contributed by atoms with Crippen molar-refractivity contribution in [3.63, 3.8) is 0 Å². The number of hydrogen-bond donors (Lipinski definition) is 2. The summed E-state index contributed by atoms with van der Waals surface area (Å²) in [6.07, 6.45) is 6.54. The molecule has 0 radical (unpaired) electrons. The summed E-state index contributed by atoms with van der Waals surface area (Å²) >= 11 is 0. The molecule has 0 bridgehead atoms. The molecule has 0 atom stereocenters. The van der Waals surface area contributed by atoms with E-state index in [1.165, 1.54) is 11.6 Å². The molecule has 0 saturated heterocycles. The minimum absolute atomic E-state index is 0.157. The summed E-state index contributed by atoms with van der Waals surface area (Å²) in [6.45, 7) is 12.6. The third-order valence-corrected chi connectivity index (χ3v) is 5.21. The number of phenols is 1. The molecule has 0 unspecified atom stereocenters. The molecule has 0 aliphatic rings. The first-order chi connectivity index (χ1) is 13.5. The Labute approximate surface area is 175 Å². The summed E-state index contributed by atoms with van der Waals surface area (Å²) in [5, 5.41) is 20.1. The molecule has 0 heterocycles. The second-order valence-electron chi connectivity index (χ2n) is 9.02. The van der Waals surface area contributed by atoms with E-state index in [1.54, 1.807) is 6.08 Å². The number of aryl methyl sites for hydroxylation is 3. The fourth-order valence-corrected chi connectivity index (χ4v) is 3.81. The van der Waals surface area contributed by atoms with Crippen molar-refractivity contribution in [1.29, 1.82) is 0 Å². The minimum Gasteiger partial charge on any atom is -0.507 e. The number of carboxylic acid groups (broad SMARTS) is 1. The maximum absolute atomic E-state index is 11.2. The molecule has 29 heavy (non-hydrogen) atoms. The molecule has 0 aromatic heterocycles. The van der Waals surface area contributed by atoms with Crippen LogP contribution in [-0.4, -0.2) is 16.2 Å². The molecule has 0 fully saturated rings. The van der Waals surface area contributed by atoms with Gasteiger partial charge in [0.25, 0.3) is 0 Å². The van der Waals surface area contributed by atoms with Crippen LogP contribution in [-0.2, 0) is 23.1 Å². The van der Waals surface area contributed by atoms with Crippen LogP contribution in [0.2, 0.25) is 0 Å². The van der Waals surface area contributed by atoms with Crippen LogP contribution in [0.1, 0.15) is 79.5 Å². The van der Waals surface area contributed by atoms with Gasteiger partial charge in [-0.3, -0.25) is 0 Å². The summed E-state index contributed by atoms with van der Waals surface area (Å²) in [7, 11) is 0. The average molecular weight is 395 g/mol. The zero-order chi connectivity index (χ0) is 21.8. The van der Waals surface area contributed by atoms with Crippen molar-refractivity contribution in [3.8, 4) is 5.75 Å². The Balaban J connectivity index is 2.61. The zero-order valence-corrected chi connectivity index (χ0v) is 18.6. The van der Waals surface area contributed by atoms with Gasteiger partial charge >= 0.3 is 5.97 Å². The third kappa shape index (κ3) is 5.96. The molecular weight excluding hydrogens is 360 g/mol. The number of carboxylic acids is 1. The highest BCUT2D eigenvalue weighted by atomic mass is 16.4. The maximum atomic E-state index is 11.2. The van der Waals surface area contributed by atoms with E-state index in [0.717, 1.165) is 52.6 Å². The van der Waals surface area contributed by atoms with E-state index < -0.39 is 5.97 Å². The lowest BCUT2D eigenvalue weighted by atomic mass is 9.82. The molecular formula is C26H34O3. The largest absolute Gasteiger partial charge is 0.507 e. The lowest BCUT2D eigenvalue weighted by molar-refractivity contribution is -0.131. The molecule has 2 rings (SSSR count). The smallest absolute Gasteiger partial charge is 0.328 e. The summed E-state index contributed by atoms with van der Waals surface area (Å²) in [5.41, 5.74) is 7.11. The van der Waals surface area contributed by atoms with Crippen molar-refractivity contribution in [2.24, 2.45) is 0 Å². The van der Waals surface area contributed by atoms with Crippen LogP contribution in [0.25, 0.3) is 6.08 Å². The normalized spacial score (nSPS) is 11.9. The fourth-order valence-electron chi connectivity index (χ4n) is 3.81.